The zero-order valence-corrected chi connectivity index (χ0v) is 13.1. The Balaban J connectivity index is 2.69. The van der Waals surface area contributed by atoms with Crippen LogP contribution < -0.4 is 5.32 Å². The first-order chi connectivity index (χ1) is 10.2. The molecule has 120 valence electrons. The number of rotatable bonds is 6. The second-order valence-corrected chi connectivity index (χ2v) is 5.38. The van der Waals surface area contributed by atoms with Crippen LogP contribution in [0.1, 0.15) is 36.7 Å². The Morgan fingerprint density at radius 1 is 1.32 bits per heavy atom. The van der Waals surface area contributed by atoms with Crippen LogP contribution in [0, 0.1) is 23.0 Å². The summed E-state index contributed by atoms with van der Waals surface area (Å²) in [4.78, 5) is 33.9. The fourth-order valence-electron chi connectivity index (χ4n) is 1.71. The summed E-state index contributed by atoms with van der Waals surface area (Å²) < 4.78 is 4.91. The fourth-order valence-corrected chi connectivity index (χ4v) is 1.71. The Hall–Kier alpha value is -2.44. The van der Waals surface area contributed by atoms with E-state index in [1.165, 1.54) is 25.1 Å². The largest absolute Gasteiger partial charge is 0.452 e. The van der Waals surface area contributed by atoms with Gasteiger partial charge in [0.25, 0.3) is 11.6 Å². The molecule has 1 aromatic rings. The van der Waals surface area contributed by atoms with E-state index in [0.717, 1.165) is 0 Å². The third-order valence-corrected chi connectivity index (χ3v) is 3.44. The minimum absolute atomic E-state index is 0.0363. The monoisotopic (exact) mass is 308 g/mol. The van der Waals surface area contributed by atoms with Gasteiger partial charge in [0.15, 0.2) is 6.61 Å². The Morgan fingerprint density at radius 2 is 1.95 bits per heavy atom. The van der Waals surface area contributed by atoms with Crippen LogP contribution in [-0.2, 0) is 9.53 Å². The van der Waals surface area contributed by atoms with Crippen LogP contribution in [0.5, 0.6) is 0 Å². The molecule has 0 spiro atoms. The Morgan fingerprint density at radius 3 is 2.50 bits per heavy atom. The van der Waals surface area contributed by atoms with E-state index in [0.29, 0.717) is 0 Å². The lowest BCUT2D eigenvalue weighted by atomic mass is 10.1. The van der Waals surface area contributed by atoms with E-state index in [9.17, 15) is 19.7 Å². The van der Waals surface area contributed by atoms with Gasteiger partial charge in [-0.1, -0.05) is 19.9 Å². The molecule has 1 atom stereocenters. The summed E-state index contributed by atoms with van der Waals surface area (Å²) >= 11 is 0. The number of hydrogen-bond donors (Lipinski definition) is 1. The number of nitro groups is 1. The van der Waals surface area contributed by atoms with Crippen molar-refractivity contribution in [2.75, 3.05) is 6.61 Å². The van der Waals surface area contributed by atoms with Crippen molar-refractivity contribution in [3.05, 3.63) is 39.4 Å². The highest BCUT2D eigenvalue weighted by molar-refractivity contribution is 5.93. The minimum atomic E-state index is -0.756. The molecule has 0 aromatic heterocycles. The molecule has 0 heterocycles. The molecule has 0 fully saturated rings. The van der Waals surface area contributed by atoms with Gasteiger partial charge in [-0.15, -0.1) is 0 Å². The zero-order chi connectivity index (χ0) is 16.9. The molecule has 22 heavy (non-hydrogen) atoms. The summed E-state index contributed by atoms with van der Waals surface area (Å²) in [7, 11) is 0. The number of carbonyl (C=O) groups is 2. The Bertz CT molecular complexity index is 583. The van der Waals surface area contributed by atoms with Crippen molar-refractivity contribution in [3.8, 4) is 0 Å². The predicted octanol–water partition coefficient (Wildman–Crippen LogP) is 2.22. The lowest BCUT2D eigenvalue weighted by molar-refractivity contribution is -0.385. The number of ether oxygens (including phenoxy) is 1. The number of esters is 1. The third-order valence-electron chi connectivity index (χ3n) is 3.44. The smallest absolute Gasteiger partial charge is 0.339 e. The van der Waals surface area contributed by atoms with E-state index in [1.54, 1.807) is 0 Å². The summed E-state index contributed by atoms with van der Waals surface area (Å²) in [6.45, 7) is 6.83. The van der Waals surface area contributed by atoms with E-state index in [4.69, 9.17) is 4.74 Å². The van der Waals surface area contributed by atoms with Crippen molar-refractivity contribution in [3.63, 3.8) is 0 Å². The van der Waals surface area contributed by atoms with Gasteiger partial charge in [-0.3, -0.25) is 14.9 Å². The lowest BCUT2D eigenvalue weighted by Crippen LogP contribution is -2.38. The Kier molecular flexibility index (Phi) is 6.03. The SMILES string of the molecule is Cc1c(C(=O)OCC(=O)NC(C)C(C)C)cccc1[N+](=O)[O-]. The van der Waals surface area contributed by atoms with Gasteiger partial charge in [-0.2, -0.15) is 0 Å². The maximum Gasteiger partial charge on any atom is 0.339 e. The summed E-state index contributed by atoms with van der Waals surface area (Å²) in [5.41, 5.74) is 0.139. The van der Waals surface area contributed by atoms with Crippen LogP contribution >= 0.6 is 0 Å². The number of nitrogens with one attached hydrogen (secondary N) is 1. The number of amides is 1. The van der Waals surface area contributed by atoms with Gasteiger partial charge in [0.1, 0.15) is 0 Å². The van der Waals surface area contributed by atoms with Crippen molar-refractivity contribution in [1.82, 2.24) is 5.32 Å². The average molecular weight is 308 g/mol. The summed E-state index contributed by atoms with van der Waals surface area (Å²) in [6, 6.07) is 4.11. The van der Waals surface area contributed by atoms with Crippen molar-refractivity contribution in [1.29, 1.82) is 0 Å². The van der Waals surface area contributed by atoms with Crippen LogP contribution in [0.3, 0.4) is 0 Å². The van der Waals surface area contributed by atoms with Gasteiger partial charge >= 0.3 is 5.97 Å². The number of benzene rings is 1. The van der Waals surface area contributed by atoms with Crippen LogP contribution in [-0.4, -0.2) is 29.4 Å². The number of hydrogen-bond acceptors (Lipinski definition) is 5. The zero-order valence-electron chi connectivity index (χ0n) is 13.1. The summed E-state index contributed by atoms with van der Waals surface area (Å²) in [5.74, 6) is -0.898. The van der Waals surface area contributed by atoms with E-state index >= 15 is 0 Å². The first-order valence-electron chi connectivity index (χ1n) is 6.94. The number of carbonyl (C=O) groups excluding carboxylic acids is 2. The molecule has 0 saturated heterocycles. The van der Waals surface area contributed by atoms with Crippen molar-refractivity contribution >= 4 is 17.6 Å². The molecule has 1 unspecified atom stereocenters. The van der Waals surface area contributed by atoms with Crippen molar-refractivity contribution < 1.29 is 19.2 Å². The minimum Gasteiger partial charge on any atom is -0.452 e. The molecular formula is C15H20N2O5. The molecule has 0 aliphatic carbocycles. The normalized spacial score (nSPS) is 11.9. The van der Waals surface area contributed by atoms with Gasteiger partial charge in [0.05, 0.1) is 10.5 Å². The van der Waals surface area contributed by atoms with Crippen LogP contribution in [0.25, 0.3) is 0 Å². The fraction of sp³-hybridized carbons (Fsp3) is 0.467. The molecule has 1 rings (SSSR count). The molecule has 0 bridgehead atoms. The molecule has 7 heteroatoms. The van der Waals surface area contributed by atoms with E-state index in [-0.39, 0.29) is 28.8 Å². The van der Waals surface area contributed by atoms with Gasteiger partial charge in [-0.05, 0) is 25.8 Å². The highest BCUT2D eigenvalue weighted by Gasteiger charge is 2.20. The first-order valence-corrected chi connectivity index (χ1v) is 6.94. The molecule has 0 radical (unpaired) electrons. The van der Waals surface area contributed by atoms with Crippen molar-refractivity contribution in [2.24, 2.45) is 5.92 Å². The average Bonchev–Trinajstić information content (AvgIpc) is 2.44. The number of nitrogens with zero attached hydrogens (tertiary/aromatic N) is 1. The maximum absolute atomic E-state index is 11.9. The maximum atomic E-state index is 11.9. The molecular weight excluding hydrogens is 288 g/mol. The molecule has 0 aliphatic rings. The van der Waals surface area contributed by atoms with Crippen LogP contribution in [0.15, 0.2) is 18.2 Å². The second-order valence-electron chi connectivity index (χ2n) is 5.38. The Labute approximate surface area is 128 Å². The quantitative estimate of drug-likeness (QED) is 0.493. The second kappa shape index (κ2) is 7.53. The number of nitro benzene ring substituents is 1. The molecule has 0 saturated carbocycles. The van der Waals surface area contributed by atoms with Gasteiger partial charge in [0.2, 0.25) is 0 Å². The summed E-state index contributed by atoms with van der Waals surface area (Å²) in [5, 5.41) is 13.5. The third kappa shape index (κ3) is 4.54. The van der Waals surface area contributed by atoms with E-state index in [1.807, 2.05) is 20.8 Å². The van der Waals surface area contributed by atoms with Crippen molar-refractivity contribution in [2.45, 2.75) is 33.7 Å². The summed E-state index contributed by atoms with van der Waals surface area (Å²) in [6.07, 6.45) is 0. The van der Waals surface area contributed by atoms with Gasteiger partial charge in [-0.25, -0.2) is 4.79 Å². The van der Waals surface area contributed by atoms with E-state index < -0.39 is 23.4 Å². The van der Waals surface area contributed by atoms with Crippen LogP contribution in [0.2, 0.25) is 0 Å². The highest BCUT2D eigenvalue weighted by atomic mass is 16.6. The molecule has 7 nitrogen and oxygen atoms in total. The highest BCUT2D eigenvalue weighted by Crippen LogP contribution is 2.21. The lowest BCUT2D eigenvalue weighted by Gasteiger charge is -2.17. The van der Waals surface area contributed by atoms with Crippen LogP contribution in [0.4, 0.5) is 5.69 Å². The van der Waals surface area contributed by atoms with Gasteiger partial charge < -0.3 is 10.1 Å². The molecule has 1 amide bonds. The predicted molar refractivity (Wildman–Crippen MR) is 80.6 cm³/mol. The van der Waals surface area contributed by atoms with E-state index in [2.05, 4.69) is 5.32 Å². The molecule has 1 aromatic carbocycles. The molecule has 0 aliphatic heterocycles. The standard InChI is InChI=1S/C15H20N2O5/c1-9(2)11(4)16-14(18)8-22-15(19)12-6-5-7-13(10(12)3)17(20)21/h5-7,9,11H,8H2,1-4H3,(H,16,18). The first kappa shape index (κ1) is 17.6. The topological polar surface area (TPSA) is 98.5 Å². The molecule has 1 N–H and O–H groups in total. The van der Waals surface area contributed by atoms with Gasteiger partial charge in [0, 0.05) is 17.7 Å².